The molecule has 5 heteroatoms. The van der Waals surface area contributed by atoms with Gasteiger partial charge in [-0.15, -0.1) is 0 Å². The van der Waals surface area contributed by atoms with Gasteiger partial charge in [-0.25, -0.2) is 9.78 Å². The van der Waals surface area contributed by atoms with Gasteiger partial charge in [0.25, 0.3) is 0 Å². The molecule has 0 unspecified atom stereocenters. The highest BCUT2D eigenvalue weighted by Crippen LogP contribution is 2.13. The molecule has 0 atom stereocenters. The summed E-state index contributed by atoms with van der Waals surface area (Å²) < 4.78 is 0. The van der Waals surface area contributed by atoms with E-state index < -0.39 is 5.97 Å². The van der Waals surface area contributed by atoms with Gasteiger partial charge >= 0.3 is 5.97 Å². The Morgan fingerprint density at radius 2 is 2.36 bits per heavy atom. The number of benzene rings is 1. The minimum Gasteiger partial charge on any atom is -0.475 e. The van der Waals surface area contributed by atoms with Gasteiger partial charge in [0.05, 0.1) is 22.7 Å². The summed E-state index contributed by atoms with van der Waals surface area (Å²) in [5, 5.41) is 17.3. The predicted molar refractivity (Wildman–Crippen MR) is 47.8 cm³/mol. The molecular weight excluding hydrogens is 182 g/mol. The van der Waals surface area contributed by atoms with Gasteiger partial charge in [-0.2, -0.15) is 5.26 Å². The van der Waals surface area contributed by atoms with Crippen LogP contribution in [0.1, 0.15) is 16.2 Å². The van der Waals surface area contributed by atoms with Crippen LogP contribution in [-0.2, 0) is 0 Å². The lowest BCUT2D eigenvalue weighted by Gasteiger charge is -1.87. The first-order chi connectivity index (χ1) is 6.70. The van der Waals surface area contributed by atoms with E-state index in [0.29, 0.717) is 16.6 Å². The van der Waals surface area contributed by atoms with Crippen molar-refractivity contribution in [3.8, 4) is 6.07 Å². The normalized spacial score (nSPS) is 9.93. The highest BCUT2D eigenvalue weighted by Gasteiger charge is 2.08. The molecule has 0 fully saturated rings. The summed E-state index contributed by atoms with van der Waals surface area (Å²) in [7, 11) is 0. The van der Waals surface area contributed by atoms with E-state index in [1.54, 1.807) is 18.2 Å². The summed E-state index contributed by atoms with van der Waals surface area (Å²) in [6.07, 6.45) is 0. The molecule has 0 aliphatic heterocycles. The number of hydrogen-bond donors (Lipinski definition) is 2. The second kappa shape index (κ2) is 2.85. The van der Waals surface area contributed by atoms with Gasteiger partial charge in [-0.05, 0) is 18.2 Å². The molecule has 0 radical (unpaired) electrons. The van der Waals surface area contributed by atoms with Gasteiger partial charge in [0, 0.05) is 0 Å². The minimum absolute atomic E-state index is 0.116. The lowest BCUT2D eigenvalue weighted by molar-refractivity contribution is 0.0685. The first kappa shape index (κ1) is 8.26. The Kier molecular flexibility index (Phi) is 1.68. The number of imidazole rings is 1. The van der Waals surface area contributed by atoms with E-state index in [1.807, 2.05) is 6.07 Å². The molecule has 0 aliphatic rings. The average molecular weight is 187 g/mol. The van der Waals surface area contributed by atoms with Crippen molar-refractivity contribution < 1.29 is 9.90 Å². The van der Waals surface area contributed by atoms with Gasteiger partial charge in [0.2, 0.25) is 5.82 Å². The highest BCUT2D eigenvalue weighted by molar-refractivity contribution is 5.89. The maximum atomic E-state index is 10.6. The number of carboxylic acid groups (broad SMARTS) is 1. The molecule has 0 saturated heterocycles. The standard InChI is InChI=1S/C9H5N3O2/c10-4-5-1-2-6-7(3-5)12-8(11-6)9(13)14/h1-3H,(H,11,12)(H,13,14). The number of carboxylic acids is 1. The Bertz CT molecular complexity index is 551. The number of nitrogens with zero attached hydrogens (tertiary/aromatic N) is 2. The fourth-order valence-corrected chi connectivity index (χ4v) is 1.18. The lowest BCUT2D eigenvalue weighted by atomic mass is 10.2. The number of nitrogens with one attached hydrogen (secondary N) is 1. The van der Waals surface area contributed by atoms with Crippen molar-refractivity contribution in [2.75, 3.05) is 0 Å². The van der Waals surface area contributed by atoms with Crippen LogP contribution < -0.4 is 0 Å². The Balaban J connectivity index is 2.67. The largest absolute Gasteiger partial charge is 0.475 e. The Morgan fingerprint density at radius 1 is 1.57 bits per heavy atom. The van der Waals surface area contributed by atoms with Crippen molar-refractivity contribution in [3.05, 3.63) is 29.6 Å². The highest BCUT2D eigenvalue weighted by atomic mass is 16.4. The number of fused-ring (bicyclic) bond motifs is 1. The van der Waals surface area contributed by atoms with Crippen molar-refractivity contribution in [3.63, 3.8) is 0 Å². The van der Waals surface area contributed by atoms with Gasteiger partial charge in [-0.3, -0.25) is 0 Å². The van der Waals surface area contributed by atoms with E-state index in [0.717, 1.165) is 0 Å². The number of aromatic carboxylic acids is 1. The first-order valence-corrected chi connectivity index (χ1v) is 3.84. The van der Waals surface area contributed by atoms with Crippen LogP contribution in [0.5, 0.6) is 0 Å². The maximum absolute atomic E-state index is 10.6. The van der Waals surface area contributed by atoms with E-state index >= 15 is 0 Å². The van der Waals surface area contributed by atoms with E-state index in [4.69, 9.17) is 10.4 Å². The predicted octanol–water partition coefficient (Wildman–Crippen LogP) is 1.13. The Labute approximate surface area is 78.6 Å². The van der Waals surface area contributed by atoms with Gasteiger partial charge in [0.1, 0.15) is 0 Å². The van der Waals surface area contributed by atoms with Crippen molar-refractivity contribution in [2.24, 2.45) is 0 Å². The average Bonchev–Trinajstić information content (AvgIpc) is 2.59. The molecule has 1 heterocycles. The van der Waals surface area contributed by atoms with Gasteiger partial charge < -0.3 is 10.1 Å². The lowest BCUT2D eigenvalue weighted by Crippen LogP contribution is -1.97. The third kappa shape index (κ3) is 1.19. The number of aromatic amines is 1. The second-order valence-electron chi connectivity index (χ2n) is 2.73. The third-order valence-corrected chi connectivity index (χ3v) is 1.81. The van der Waals surface area contributed by atoms with E-state index in [1.165, 1.54) is 0 Å². The van der Waals surface area contributed by atoms with Crippen LogP contribution in [-0.4, -0.2) is 21.0 Å². The third-order valence-electron chi connectivity index (χ3n) is 1.81. The van der Waals surface area contributed by atoms with Crippen LogP contribution in [0.4, 0.5) is 0 Å². The van der Waals surface area contributed by atoms with Crippen molar-refractivity contribution >= 4 is 17.0 Å². The van der Waals surface area contributed by atoms with Crippen LogP contribution in [0.25, 0.3) is 11.0 Å². The maximum Gasteiger partial charge on any atom is 0.371 e. The topological polar surface area (TPSA) is 89.8 Å². The molecule has 0 bridgehead atoms. The summed E-state index contributed by atoms with van der Waals surface area (Å²) in [6.45, 7) is 0. The van der Waals surface area contributed by atoms with E-state index in [9.17, 15) is 4.79 Å². The minimum atomic E-state index is -1.11. The summed E-state index contributed by atoms with van der Waals surface area (Å²) in [6, 6.07) is 6.73. The number of rotatable bonds is 1. The number of carbonyl (C=O) groups is 1. The van der Waals surface area contributed by atoms with Crippen LogP contribution >= 0.6 is 0 Å². The summed E-state index contributed by atoms with van der Waals surface area (Å²) in [4.78, 5) is 17.0. The molecule has 0 aliphatic carbocycles. The Morgan fingerprint density at radius 3 is 3.00 bits per heavy atom. The molecule has 14 heavy (non-hydrogen) atoms. The molecule has 0 spiro atoms. The molecule has 5 nitrogen and oxygen atoms in total. The number of hydrogen-bond acceptors (Lipinski definition) is 3. The van der Waals surface area contributed by atoms with Crippen LogP contribution in [0.3, 0.4) is 0 Å². The number of aromatic nitrogens is 2. The monoisotopic (exact) mass is 187 g/mol. The summed E-state index contributed by atoms with van der Waals surface area (Å²) in [5.41, 5.74) is 1.57. The van der Waals surface area contributed by atoms with Gasteiger partial charge in [0.15, 0.2) is 0 Å². The van der Waals surface area contributed by atoms with Crippen molar-refractivity contribution in [1.29, 1.82) is 5.26 Å². The zero-order valence-electron chi connectivity index (χ0n) is 6.98. The zero-order valence-corrected chi connectivity index (χ0v) is 6.98. The molecule has 1 aromatic carbocycles. The molecule has 0 amide bonds. The van der Waals surface area contributed by atoms with Crippen LogP contribution in [0.2, 0.25) is 0 Å². The second-order valence-corrected chi connectivity index (χ2v) is 2.73. The molecule has 2 aromatic rings. The summed E-state index contributed by atoms with van der Waals surface area (Å²) >= 11 is 0. The summed E-state index contributed by atoms with van der Waals surface area (Å²) in [5.74, 6) is -1.23. The van der Waals surface area contributed by atoms with Crippen molar-refractivity contribution in [2.45, 2.75) is 0 Å². The first-order valence-electron chi connectivity index (χ1n) is 3.84. The van der Waals surface area contributed by atoms with E-state index in [2.05, 4.69) is 9.97 Å². The van der Waals surface area contributed by atoms with Crippen LogP contribution in [0, 0.1) is 11.3 Å². The van der Waals surface area contributed by atoms with Crippen molar-refractivity contribution in [1.82, 2.24) is 9.97 Å². The Hall–Kier alpha value is -2.35. The molecule has 68 valence electrons. The van der Waals surface area contributed by atoms with Gasteiger partial charge in [-0.1, -0.05) is 0 Å². The smallest absolute Gasteiger partial charge is 0.371 e. The SMILES string of the molecule is N#Cc1ccc2nc(C(=O)O)[nH]c2c1. The molecule has 0 saturated carbocycles. The molecule has 1 aromatic heterocycles. The van der Waals surface area contributed by atoms with E-state index in [-0.39, 0.29) is 5.82 Å². The molecule has 2 N–H and O–H groups in total. The fourth-order valence-electron chi connectivity index (χ4n) is 1.18. The molecular formula is C9H5N3O2. The molecule has 2 rings (SSSR count). The zero-order chi connectivity index (χ0) is 10.1. The number of nitriles is 1. The fraction of sp³-hybridized carbons (Fsp3) is 0. The van der Waals surface area contributed by atoms with Crippen LogP contribution in [0.15, 0.2) is 18.2 Å². The quantitative estimate of drug-likeness (QED) is 0.700. The number of H-pyrrole nitrogens is 1.